The maximum absolute atomic E-state index is 13.1. The first-order valence-electron chi connectivity index (χ1n) is 10.3. The molecule has 0 aromatic heterocycles. The van der Waals surface area contributed by atoms with E-state index in [1.807, 2.05) is 51.1 Å². The van der Waals surface area contributed by atoms with E-state index in [0.29, 0.717) is 23.1 Å². The van der Waals surface area contributed by atoms with Gasteiger partial charge in [-0.2, -0.15) is 0 Å². The Balaban J connectivity index is 2.06. The molecule has 0 radical (unpaired) electrons. The van der Waals surface area contributed by atoms with Gasteiger partial charge >= 0.3 is 0 Å². The Hall–Kier alpha value is -2.24. The third-order valence-electron chi connectivity index (χ3n) is 4.55. The second-order valence-corrected chi connectivity index (χ2v) is 9.26. The van der Waals surface area contributed by atoms with Crippen molar-refractivity contribution < 1.29 is 14.3 Å². The summed E-state index contributed by atoms with van der Waals surface area (Å²) >= 11 is 12.1. The molecule has 2 aromatic carbocycles. The highest BCUT2D eigenvalue weighted by Gasteiger charge is 2.28. The smallest absolute Gasteiger partial charge is 0.242 e. The lowest BCUT2D eigenvalue weighted by atomic mass is 10.1. The minimum absolute atomic E-state index is 0.126. The predicted octanol–water partition coefficient (Wildman–Crippen LogP) is 5.48. The van der Waals surface area contributed by atoms with Crippen molar-refractivity contribution in [2.75, 3.05) is 6.61 Å². The summed E-state index contributed by atoms with van der Waals surface area (Å²) in [4.78, 5) is 27.4. The van der Waals surface area contributed by atoms with Crippen LogP contribution < -0.4 is 10.1 Å². The first-order valence-corrected chi connectivity index (χ1v) is 11.1. The van der Waals surface area contributed by atoms with Gasteiger partial charge < -0.3 is 15.0 Å². The predicted molar refractivity (Wildman–Crippen MR) is 126 cm³/mol. The standard InChI is InChI=1S/C24H30Cl2N2O3/c1-17(23(30)27-24(2,3)4)28(16-18-12-13-20(25)21(26)15-18)22(29)11-8-14-31-19-9-6-5-7-10-19/h5-7,9-10,12-13,15,17H,8,11,14,16H2,1-4H3,(H,27,30)/t17-/m0/s1. The van der Waals surface area contributed by atoms with Gasteiger partial charge in [-0.05, 0) is 63.9 Å². The molecule has 0 aliphatic rings. The van der Waals surface area contributed by atoms with Crippen molar-refractivity contribution in [3.05, 3.63) is 64.1 Å². The minimum Gasteiger partial charge on any atom is -0.494 e. The highest BCUT2D eigenvalue weighted by Crippen LogP contribution is 2.24. The summed E-state index contributed by atoms with van der Waals surface area (Å²) < 4.78 is 5.67. The Labute approximate surface area is 194 Å². The number of rotatable bonds is 9. The number of nitrogens with zero attached hydrogens (tertiary/aromatic N) is 1. The summed E-state index contributed by atoms with van der Waals surface area (Å²) in [7, 11) is 0. The molecule has 0 unspecified atom stereocenters. The van der Waals surface area contributed by atoms with Crippen LogP contribution in [0.25, 0.3) is 0 Å². The van der Waals surface area contributed by atoms with Crippen LogP contribution in [0.5, 0.6) is 5.75 Å². The summed E-state index contributed by atoms with van der Waals surface area (Å²) in [5.74, 6) is 0.432. The molecule has 168 valence electrons. The number of benzene rings is 2. The number of carbonyl (C=O) groups is 2. The van der Waals surface area contributed by atoms with E-state index in [2.05, 4.69) is 5.32 Å². The van der Waals surface area contributed by atoms with Gasteiger partial charge in [-0.25, -0.2) is 0 Å². The second-order valence-electron chi connectivity index (χ2n) is 8.45. The van der Waals surface area contributed by atoms with Crippen LogP contribution in [0.4, 0.5) is 0 Å². The number of hydrogen-bond donors (Lipinski definition) is 1. The van der Waals surface area contributed by atoms with E-state index in [0.717, 1.165) is 11.3 Å². The molecule has 0 saturated heterocycles. The van der Waals surface area contributed by atoms with Crippen LogP contribution in [0.2, 0.25) is 10.0 Å². The summed E-state index contributed by atoms with van der Waals surface area (Å²) in [5.41, 5.74) is 0.409. The van der Waals surface area contributed by atoms with Gasteiger partial charge in [-0.15, -0.1) is 0 Å². The molecule has 2 aromatic rings. The molecule has 5 nitrogen and oxygen atoms in total. The summed E-state index contributed by atoms with van der Waals surface area (Å²) in [6.07, 6.45) is 0.806. The van der Waals surface area contributed by atoms with Crippen LogP contribution >= 0.6 is 23.2 Å². The van der Waals surface area contributed by atoms with Crippen LogP contribution in [-0.4, -0.2) is 34.9 Å². The van der Waals surface area contributed by atoms with Crippen LogP contribution in [-0.2, 0) is 16.1 Å². The molecule has 0 spiro atoms. The minimum atomic E-state index is -0.642. The molecule has 31 heavy (non-hydrogen) atoms. The van der Waals surface area contributed by atoms with Crippen molar-refractivity contribution >= 4 is 35.0 Å². The summed E-state index contributed by atoms with van der Waals surface area (Å²) in [6, 6.07) is 14.0. The monoisotopic (exact) mass is 464 g/mol. The van der Waals surface area contributed by atoms with Crippen LogP contribution in [0.3, 0.4) is 0 Å². The molecule has 0 saturated carbocycles. The van der Waals surface area contributed by atoms with Crippen molar-refractivity contribution in [2.24, 2.45) is 0 Å². The van der Waals surface area contributed by atoms with Gasteiger partial charge in [-0.3, -0.25) is 9.59 Å². The Kier molecular flexibility index (Phi) is 9.20. The normalized spacial score (nSPS) is 12.2. The number of para-hydroxylation sites is 1. The van der Waals surface area contributed by atoms with E-state index in [-0.39, 0.29) is 24.8 Å². The second kappa shape index (κ2) is 11.4. The molecule has 2 amide bonds. The van der Waals surface area contributed by atoms with Gasteiger partial charge in [0.15, 0.2) is 0 Å². The van der Waals surface area contributed by atoms with Gasteiger partial charge in [0.25, 0.3) is 0 Å². The Bertz CT molecular complexity index is 882. The lowest BCUT2D eigenvalue weighted by molar-refractivity contribution is -0.141. The van der Waals surface area contributed by atoms with E-state index < -0.39 is 11.6 Å². The maximum Gasteiger partial charge on any atom is 0.242 e. The molecule has 1 N–H and O–H groups in total. The number of nitrogens with one attached hydrogen (secondary N) is 1. The van der Waals surface area contributed by atoms with Gasteiger partial charge in [-0.1, -0.05) is 47.5 Å². The molecule has 7 heteroatoms. The molecule has 1 atom stereocenters. The van der Waals surface area contributed by atoms with E-state index in [4.69, 9.17) is 27.9 Å². The fraction of sp³-hybridized carbons (Fsp3) is 0.417. The van der Waals surface area contributed by atoms with Gasteiger partial charge in [0, 0.05) is 18.5 Å². The van der Waals surface area contributed by atoms with Crippen LogP contribution in [0.15, 0.2) is 48.5 Å². The quantitative estimate of drug-likeness (QED) is 0.499. The largest absolute Gasteiger partial charge is 0.494 e. The summed E-state index contributed by atoms with van der Waals surface area (Å²) in [5, 5.41) is 3.80. The molecule has 2 rings (SSSR count). The van der Waals surface area contributed by atoms with E-state index in [9.17, 15) is 9.59 Å². The first kappa shape index (κ1) is 25.0. The maximum atomic E-state index is 13.1. The number of halogens is 2. The van der Waals surface area contributed by atoms with E-state index in [1.54, 1.807) is 30.0 Å². The van der Waals surface area contributed by atoms with Crippen molar-refractivity contribution in [3.8, 4) is 5.75 Å². The average molecular weight is 465 g/mol. The van der Waals surface area contributed by atoms with E-state index >= 15 is 0 Å². The van der Waals surface area contributed by atoms with Crippen LogP contribution in [0, 0.1) is 0 Å². The fourth-order valence-electron chi connectivity index (χ4n) is 2.97. The Morgan fingerprint density at radius 2 is 1.74 bits per heavy atom. The topological polar surface area (TPSA) is 58.6 Å². The Morgan fingerprint density at radius 3 is 2.35 bits per heavy atom. The lowest BCUT2D eigenvalue weighted by Crippen LogP contribution is -2.52. The van der Waals surface area contributed by atoms with Crippen molar-refractivity contribution in [3.63, 3.8) is 0 Å². The molecular weight excluding hydrogens is 435 g/mol. The van der Waals surface area contributed by atoms with E-state index in [1.165, 1.54) is 0 Å². The molecule has 0 fully saturated rings. The zero-order valence-corrected chi connectivity index (χ0v) is 20.0. The lowest BCUT2D eigenvalue weighted by Gasteiger charge is -2.31. The van der Waals surface area contributed by atoms with Gasteiger partial charge in [0.2, 0.25) is 11.8 Å². The highest BCUT2D eigenvalue weighted by atomic mass is 35.5. The number of hydrogen-bond acceptors (Lipinski definition) is 3. The Morgan fingerprint density at radius 1 is 1.06 bits per heavy atom. The van der Waals surface area contributed by atoms with Gasteiger partial charge in [0.1, 0.15) is 11.8 Å². The van der Waals surface area contributed by atoms with Crippen LogP contribution in [0.1, 0.15) is 46.1 Å². The zero-order chi connectivity index (χ0) is 23.0. The van der Waals surface area contributed by atoms with Crippen molar-refractivity contribution in [1.29, 1.82) is 0 Å². The molecule has 0 aliphatic carbocycles. The average Bonchev–Trinajstić information content (AvgIpc) is 2.71. The van der Waals surface area contributed by atoms with Gasteiger partial charge in [0.05, 0.1) is 16.7 Å². The molecular formula is C24H30Cl2N2O3. The molecule has 0 aliphatic heterocycles. The highest BCUT2D eigenvalue weighted by molar-refractivity contribution is 6.42. The first-order chi connectivity index (χ1) is 14.6. The number of carbonyl (C=O) groups excluding carboxylic acids is 2. The fourth-order valence-corrected chi connectivity index (χ4v) is 3.29. The SMILES string of the molecule is C[C@@H](C(=O)NC(C)(C)C)N(Cc1ccc(Cl)c(Cl)c1)C(=O)CCCOc1ccccc1. The third kappa shape index (κ3) is 8.42. The third-order valence-corrected chi connectivity index (χ3v) is 5.29. The zero-order valence-electron chi connectivity index (χ0n) is 18.5. The summed E-state index contributed by atoms with van der Waals surface area (Å²) in [6.45, 7) is 8.13. The number of amides is 2. The van der Waals surface area contributed by atoms with Crippen molar-refractivity contribution in [1.82, 2.24) is 10.2 Å². The molecule has 0 heterocycles. The van der Waals surface area contributed by atoms with Crippen molar-refractivity contribution in [2.45, 2.75) is 58.7 Å². The number of ether oxygens (including phenoxy) is 1. The molecule has 0 bridgehead atoms.